The Hall–Kier alpha value is -2.49. The van der Waals surface area contributed by atoms with Gasteiger partial charge in [0.15, 0.2) is 0 Å². The Bertz CT molecular complexity index is 872. The van der Waals surface area contributed by atoms with E-state index in [4.69, 9.17) is 9.47 Å². The molecule has 196 valence electrons. The van der Waals surface area contributed by atoms with Gasteiger partial charge in [-0.15, -0.1) is 0 Å². The number of benzene rings is 1. The second-order valence-electron chi connectivity index (χ2n) is 10.1. The van der Waals surface area contributed by atoms with Crippen molar-refractivity contribution in [2.75, 3.05) is 52.4 Å². The van der Waals surface area contributed by atoms with Gasteiger partial charge in [-0.2, -0.15) is 13.2 Å². The van der Waals surface area contributed by atoms with Crippen LogP contribution in [0.25, 0.3) is 0 Å². The standard InChI is InChI=1S/C25H36F3N3O4/c1-24(2,3)35-23(33)31-15-13-30(14-16-31)22(32)20-9-8-19(18-21(20)25(26,27)28)34-17-7-12-29-10-5-4-6-11-29/h8-9,18H,4-7,10-17H2,1-3H3. The van der Waals surface area contributed by atoms with Crippen molar-refractivity contribution in [2.24, 2.45) is 0 Å². The maximum atomic E-state index is 13.8. The summed E-state index contributed by atoms with van der Waals surface area (Å²) in [5.41, 5.74) is -2.07. The van der Waals surface area contributed by atoms with Gasteiger partial charge in [-0.05, 0) is 71.3 Å². The molecule has 2 saturated heterocycles. The number of piperidine rings is 1. The largest absolute Gasteiger partial charge is 0.494 e. The minimum atomic E-state index is -4.70. The Balaban J connectivity index is 1.59. The molecular formula is C25H36F3N3O4. The van der Waals surface area contributed by atoms with Gasteiger partial charge in [0.25, 0.3) is 5.91 Å². The maximum Gasteiger partial charge on any atom is 0.417 e. The first-order valence-corrected chi connectivity index (χ1v) is 12.3. The number of hydrogen-bond acceptors (Lipinski definition) is 5. The summed E-state index contributed by atoms with van der Waals surface area (Å²) in [4.78, 5) is 30.3. The molecule has 0 unspecified atom stereocenters. The van der Waals surface area contributed by atoms with Crippen LogP contribution in [-0.2, 0) is 10.9 Å². The summed E-state index contributed by atoms with van der Waals surface area (Å²) >= 11 is 0. The highest BCUT2D eigenvalue weighted by Gasteiger charge is 2.37. The van der Waals surface area contributed by atoms with E-state index in [2.05, 4.69) is 4.90 Å². The van der Waals surface area contributed by atoms with Gasteiger partial charge in [0.05, 0.1) is 17.7 Å². The van der Waals surface area contributed by atoms with Gasteiger partial charge in [0.2, 0.25) is 0 Å². The number of carbonyl (C=O) groups is 2. The molecule has 0 N–H and O–H groups in total. The zero-order chi connectivity index (χ0) is 25.6. The van der Waals surface area contributed by atoms with Crippen molar-refractivity contribution in [3.05, 3.63) is 29.3 Å². The van der Waals surface area contributed by atoms with E-state index < -0.39 is 34.9 Å². The van der Waals surface area contributed by atoms with Crippen LogP contribution in [0.1, 0.15) is 62.4 Å². The minimum absolute atomic E-state index is 0.0993. The van der Waals surface area contributed by atoms with Gasteiger partial charge >= 0.3 is 12.3 Å². The smallest absolute Gasteiger partial charge is 0.417 e. The van der Waals surface area contributed by atoms with Crippen LogP contribution in [0.2, 0.25) is 0 Å². The van der Waals surface area contributed by atoms with Crippen molar-refractivity contribution in [3.63, 3.8) is 0 Å². The molecule has 0 saturated carbocycles. The summed E-state index contributed by atoms with van der Waals surface area (Å²) in [6, 6.07) is 3.51. The molecular weight excluding hydrogens is 463 g/mol. The topological polar surface area (TPSA) is 62.3 Å². The maximum absolute atomic E-state index is 13.8. The van der Waals surface area contributed by atoms with Crippen molar-refractivity contribution in [1.29, 1.82) is 0 Å². The van der Waals surface area contributed by atoms with Gasteiger partial charge in [-0.3, -0.25) is 4.79 Å². The summed E-state index contributed by atoms with van der Waals surface area (Å²) in [5.74, 6) is -0.611. The fourth-order valence-corrected chi connectivity index (χ4v) is 4.28. The highest BCUT2D eigenvalue weighted by molar-refractivity contribution is 5.96. The van der Waals surface area contributed by atoms with E-state index >= 15 is 0 Å². The molecule has 2 aliphatic rings. The highest BCUT2D eigenvalue weighted by atomic mass is 19.4. The van der Waals surface area contributed by atoms with E-state index in [0.717, 1.165) is 32.1 Å². The third kappa shape index (κ3) is 8.02. The monoisotopic (exact) mass is 499 g/mol. The van der Waals surface area contributed by atoms with Crippen LogP contribution in [0.4, 0.5) is 18.0 Å². The molecule has 10 heteroatoms. The van der Waals surface area contributed by atoms with E-state index in [1.54, 1.807) is 20.8 Å². The molecule has 1 aromatic rings. The fraction of sp³-hybridized carbons (Fsp3) is 0.680. The number of halogens is 3. The lowest BCUT2D eigenvalue weighted by Crippen LogP contribution is -2.51. The Morgan fingerprint density at radius 3 is 2.14 bits per heavy atom. The molecule has 0 atom stereocenters. The summed E-state index contributed by atoms with van der Waals surface area (Å²) in [7, 11) is 0. The number of rotatable bonds is 6. The van der Waals surface area contributed by atoms with Crippen LogP contribution >= 0.6 is 0 Å². The molecule has 7 nitrogen and oxygen atoms in total. The van der Waals surface area contributed by atoms with Crippen molar-refractivity contribution in [3.8, 4) is 5.75 Å². The fourth-order valence-electron chi connectivity index (χ4n) is 4.28. The second-order valence-corrected chi connectivity index (χ2v) is 10.1. The van der Waals surface area contributed by atoms with Crippen molar-refractivity contribution >= 4 is 12.0 Å². The first-order chi connectivity index (χ1) is 16.4. The number of alkyl halides is 3. The quantitative estimate of drug-likeness (QED) is 0.533. The Labute approximate surface area is 205 Å². The number of carbonyl (C=O) groups excluding carboxylic acids is 2. The number of hydrogen-bond donors (Lipinski definition) is 0. The Kier molecular flexibility index (Phi) is 8.90. The predicted molar refractivity (Wildman–Crippen MR) is 126 cm³/mol. The molecule has 2 heterocycles. The number of amides is 2. The molecule has 0 spiro atoms. The molecule has 3 rings (SSSR count). The molecule has 0 aliphatic carbocycles. The Morgan fingerprint density at radius 1 is 0.914 bits per heavy atom. The summed E-state index contributed by atoms with van der Waals surface area (Å²) < 4.78 is 52.3. The van der Waals surface area contributed by atoms with E-state index in [0.29, 0.717) is 6.61 Å². The van der Waals surface area contributed by atoms with Crippen LogP contribution in [0, 0.1) is 0 Å². The average Bonchev–Trinajstić information content (AvgIpc) is 2.80. The predicted octanol–water partition coefficient (Wildman–Crippen LogP) is 4.65. The van der Waals surface area contributed by atoms with Crippen molar-refractivity contribution < 1.29 is 32.2 Å². The zero-order valence-corrected chi connectivity index (χ0v) is 20.8. The van der Waals surface area contributed by atoms with Crippen molar-refractivity contribution in [1.82, 2.24) is 14.7 Å². The van der Waals surface area contributed by atoms with Gasteiger partial charge in [0.1, 0.15) is 11.4 Å². The average molecular weight is 500 g/mol. The lowest BCUT2D eigenvalue weighted by Gasteiger charge is -2.36. The van der Waals surface area contributed by atoms with E-state index in [9.17, 15) is 22.8 Å². The Morgan fingerprint density at radius 2 is 1.54 bits per heavy atom. The molecule has 35 heavy (non-hydrogen) atoms. The van der Waals surface area contributed by atoms with Crippen molar-refractivity contribution in [2.45, 2.75) is 58.2 Å². The number of nitrogens with zero attached hydrogens (tertiary/aromatic N) is 3. The lowest BCUT2D eigenvalue weighted by atomic mass is 10.0. The molecule has 0 radical (unpaired) electrons. The molecule has 2 amide bonds. The molecule has 2 aliphatic heterocycles. The van der Waals surface area contributed by atoms with Gasteiger partial charge in [-0.25, -0.2) is 4.79 Å². The van der Waals surface area contributed by atoms with E-state index in [-0.39, 0.29) is 31.9 Å². The van der Waals surface area contributed by atoms with Crippen LogP contribution in [0.15, 0.2) is 18.2 Å². The number of likely N-dealkylation sites (tertiary alicyclic amines) is 1. The third-order valence-electron chi connectivity index (χ3n) is 6.08. The molecule has 0 aromatic heterocycles. The van der Waals surface area contributed by atoms with Crippen LogP contribution < -0.4 is 4.74 Å². The van der Waals surface area contributed by atoms with Crippen LogP contribution in [0.5, 0.6) is 5.75 Å². The molecule has 2 fully saturated rings. The summed E-state index contributed by atoms with van der Waals surface area (Å²) in [6.07, 6.45) is -0.858. The van der Waals surface area contributed by atoms with E-state index in [1.807, 2.05) is 0 Å². The normalized spacial score (nSPS) is 17.9. The van der Waals surface area contributed by atoms with Gasteiger partial charge in [0, 0.05) is 32.7 Å². The first-order valence-electron chi connectivity index (χ1n) is 12.3. The highest BCUT2D eigenvalue weighted by Crippen LogP contribution is 2.35. The summed E-state index contributed by atoms with van der Waals surface area (Å²) in [5, 5.41) is 0. The second kappa shape index (κ2) is 11.5. The SMILES string of the molecule is CC(C)(C)OC(=O)N1CCN(C(=O)c2ccc(OCCCN3CCCCC3)cc2C(F)(F)F)CC1. The van der Waals surface area contributed by atoms with Crippen LogP contribution in [-0.4, -0.2) is 84.7 Å². The van der Waals surface area contributed by atoms with Gasteiger partial charge in [-0.1, -0.05) is 6.42 Å². The number of piperazine rings is 1. The van der Waals surface area contributed by atoms with E-state index in [1.165, 1.54) is 41.2 Å². The van der Waals surface area contributed by atoms with Crippen LogP contribution in [0.3, 0.4) is 0 Å². The third-order valence-corrected chi connectivity index (χ3v) is 6.08. The first kappa shape index (κ1) is 27.1. The minimum Gasteiger partial charge on any atom is -0.494 e. The number of ether oxygens (including phenoxy) is 2. The lowest BCUT2D eigenvalue weighted by molar-refractivity contribution is -0.138. The van der Waals surface area contributed by atoms with Gasteiger partial charge < -0.3 is 24.2 Å². The zero-order valence-electron chi connectivity index (χ0n) is 20.8. The summed E-state index contributed by atoms with van der Waals surface area (Å²) in [6.45, 7) is 9.20. The molecule has 1 aromatic carbocycles. The molecule has 0 bridgehead atoms.